The van der Waals surface area contributed by atoms with Crippen LogP contribution in [0.25, 0.3) is 0 Å². The lowest BCUT2D eigenvalue weighted by Crippen LogP contribution is -2.38. The predicted molar refractivity (Wildman–Crippen MR) is 96.7 cm³/mol. The molecule has 0 atom stereocenters. The van der Waals surface area contributed by atoms with Gasteiger partial charge in [-0.3, -0.25) is 10.1 Å². The van der Waals surface area contributed by atoms with Crippen molar-refractivity contribution < 1.29 is 23.6 Å². The van der Waals surface area contributed by atoms with Crippen LogP contribution in [0.1, 0.15) is 23.2 Å². The summed E-state index contributed by atoms with van der Waals surface area (Å²) in [4.78, 5) is 24.4. The molecule has 7 nitrogen and oxygen atoms in total. The van der Waals surface area contributed by atoms with Crippen LogP contribution in [0.4, 0.5) is 15.8 Å². The Hall–Kier alpha value is -3.16. The molecule has 0 unspecified atom stereocenters. The van der Waals surface area contributed by atoms with E-state index >= 15 is 0 Å². The number of methoxy groups -OCH3 is 1. The number of halogens is 1. The third-order valence-corrected chi connectivity index (χ3v) is 4.51. The van der Waals surface area contributed by atoms with Crippen LogP contribution in [-0.4, -0.2) is 37.2 Å². The first-order chi connectivity index (χ1) is 13.0. The Labute approximate surface area is 155 Å². The number of nitro benzene ring substituents is 1. The third kappa shape index (κ3) is 4.33. The molecule has 2 aromatic rings. The molecule has 3 rings (SSSR count). The number of carbonyl (C=O) groups is 1. The molecule has 0 aromatic heterocycles. The molecule has 0 bridgehead atoms. The van der Waals surface area contributed by atoms with E-state index < -0.39 is 10.9 Å². The van der Waals surface area contributed by atoms with Crippen molar-refractivity contribution in [3.8, 4) is 5.75 Å². The highest BCUT2D eigenvalue weighted by atomic mass is 19.1. The second kappa shape index (κ2) is 8.03. The van der Waals surface area contributed by atoms with Crippen LogP contribution >= 0.6 is 0 Å². The van der Waals surface area contributed by atoms with E-state index in [1.165, 1.54) is 31.4 Å². The lowest BCUT2D eigenvalue weighted by atomic mass is 10.1. The van der Waals surface area contributed by atoms with Crippen molar-refractivity contribution in [2.75, 3.05) is 25.1 Å². The fourth-order valence-electron chi connectivity index (χ4n) is 3.09. The molecule has 2 aromatic carbocycles. The second-order valence-corrected chi connectivity index (χ2v) is 6.21. The number of carbonyl (C=O) groups excluding carboxylic acids is 1. The summed E-state index contributed by atoms with van der Waals surface area (Å²) < 4.78 is 23.5. The van der Waals surface area contributed by atoms with Crippen LogP contribution in [-0.2, 0) is 4.74 Å². The van der Waals surface area contributed by atoms with Crippen molar-refractivity contribution in [2.45, 2.75) is 18.9 Å². The summed E-state index contributed by atoms with van der Waals surface area (Å²) in [7, 11) is 1.19. The number of rotatable bonds is 5. The molecule has 0 radical (unpaired) electrons. The Balaban J connectivity index is 1.67. The molecule has 27 heavy (non-hydrogen) atoms. The Morgan fingerprint density at radius 3 is 2.44 bits per heavy atom. The molecule has 0 N–H and O–H groups in total. The van der Waals surface area contributed by atoms with Gasteiger partial charge in [-0.15, -0.1) is 0 Å². The molecule has 1 aliphatic heterocycles. The maximum absolute atomic E-state index is 13.0. The minimum absolute atomic E-state index is 0.00448. The zero-order chi connectivity index (χ0) is 19.4. The van der Waals surface area contributed by atoms with E-state index in [0.717, 1.165) is 18.5 Å². The number of esters is 1. The van der Waals surface area contributed by atoms with Gasteiger partial charge in [-0.2, -0.15) is 0 Å². The highest BCUT2D eigenvalue weighted by Gasteiger charge is 2.25. The van der Waals surface area contributed by atoms with Crippen molar-refractivity contribution >= 4 is 17.3 Å². The van der Waals surface area contributed by atoms with E-state index in [4.69, 9.17) is 4.74 Å². The topological polar surface area (TPSA) is 81.9 Å². The highest BCUT2D eigenvalue weighted by molar-refractivity contribution is 5.95. The van der Waals surface area contributed by atoms with Crippen molar-refractivity contribution in [1.82, 2.24) is 0 Å². The number of piperidine rings is 1. The minimum atomic E-state index is -0.738. The normalized spacial score (nSPS) is 14.7. The number of nitro groups is 1. The fraction of sp³-hybridized carbons (Fsp3) is 0.316. The predicted octanol–water partition coefficient (Wildman–Crippen LogP) is 3.57. The summed E-state index contributed by atoms with van der Waals surface area (Å²) in [5.41, 5.74) is 0.381. The lowest BCUT2D eigenvalue weighted by molar-refractivity contribution is -0.385. The molecule has 1 saturated heterocycles. The lowest BCUT2D eigenvalue weighted by Gasteiger charge is -2.33. The van der Waals surface area contributed by atoms with Gasteiger partial charge in [0.05, 0.1) is 12.0 Å². The first-order valence-corrected chi connectivity index (χ1v) is 8.52. The highest BCUT2D eigenvalue weighted by Crippen LogP contribution is 2.28. The van der Waals surface area contributed by atoms with Gasteiger partial charge in [0.1, 0.15) is 23.2 Å². The zero-order valence-corrected chi connectivity index (χ0v) is 14.8. The van der Waals surface area contributed by atoms with Gasteiger partial charge in [-0.1, -0.05) is 0 Å². The van der Waals surface area contributed by atoms with Crippen LogP contribution < -0.4 is 9.64 Å². The number of hydrogen-bond donors (Lipinski definition) is 0. The Morgan fingerprint density at radius 2 is 1.85 bits per heavy atom. The van der Waals surface area contributed by atoms with Crippen LogP contribution in [0.2, 0.25) is 0 Å². The molecule has 1 fully saturated rings. The Morgan fingerprint density at radius 1 is 1.19 bits per heavy atom. The van der Waals surface area contributed by atoms with E-state index in [0.29, 0.717) is 18.8 Å². The molecule has 142 valence electrons. The molecule has 0 saturated carbocycles. The number of nitrogens with zero attached hydrogens (tertiary/aromatic N) is 2. The largest absolute Gasteiger partial charge is 0.490 e. The van der Waals surface area contributed by atoms with E-state index in [2.05, 4.69) is 4.74 Å². The van der Waals surface area contributed by atoms with E-state index in [1.807, 2.05) is 4.90 Å². The summed E-state index contributed by atoms with van der Waals surface area (Å²) >= 11 is 0. The van der Waals surface area contributed by atoms with Crippen LogP contribution in [0.3, 0.4) is 0 Å². The summed E-state index contributed by atoms with van der Waals surface area (Å²) in [6, 6.07) is 10.4. The standard InChI is InChI=1S/C19H19FN2O5/c1-26-19(23)17-12-14(4-7-18(17)22(24)25)21-10-8-16(9-11-21)27-15-5-2-13(20)3-6-15/h2-7,12,16H,8-11H2,1H3. The Kier molecular flexibility index (Phi) is 5.54. The summed E-state index contributed by atoms with van der Waals surface area (Å²) in [5, 5.41) is 11.1. The van der Waals surface area contributed by atoms with Gasteiger partial charge in [0.2, 0.25) is 0 Å². The van der Waals surface area contributed by atoms with E-state index in [-0.39, 0.29) is 23.2 Å². The van der Waals surface area contributed by atoms with Gasteiger partial charge in [-0.25, -0.2) is 9.18 Å². The minimum Gasteiger partial charge on any atom is -0.490 e. The number of ether oxygens (including phenoxy) is 2. The van der Waals surface area contributed by atoms with Crippen LogP contribution in [0.15, 0.2) is 42.5 Å². The molecule has 0 spiro atoms. The second-order valence-electron chi connectivity index (χ2n) is 6.21. The van der Waals surface area contributed by atoms with Gasteiger partial charge in [-0.05, 0) is 36.4 Å². The first kappa shape index (κ1) is 18.6. The van der Waals surface area contributed by atoms with Crippen LogP contribution in [0.5, 0.6) is 5.75 Å². The number of anilines is 1. The van der Waals surface area contributed by atoms with E-state index in [9.17, 15) is 19.3 Å². The summed E-state index contributed by atoms with van der Waals surface area (Å²) in [6.45, 7) is 1.34. The summed E-state index contributed by atoms with van der Waals surface area (Å²) in [5.74, 6) is -0.423. The van der Waals surface area contributed by atoms with Gasteiger partial charge >= 0.3 is 5.97 Å². The molecular weight excluding hydrogens is 355 g/mol. The van der Waals surface area contributed by atoms with Crippen molar-refractivity contribution in [3.63, 3.8) is 0 Å². The van der Waals surface area contributed by atoms with Gasteiger partial charge in [0.25, 0.3) is 5.69 Å². The fourth-order valence-corrected chi connectivity index (χ4v) is 3.09. The molecule has 8 heteroatoms. The zero-order valence-electron chi connectivity index (χ0n) is 14.8. The molecular formula is C19H19FN2O5. The average Bonchev–Trinajstić information content (AvgIpc) is 2.69. The van der Waals surface area contributed by atoms with Crippen molar-refractivity contribution in [1.29, 1.82) is 0 Å². The monoisotopic (exact) mass is 374 g/mol. The average molecular weight is 374 g/mol. The van der Waals surface area contributed by atoms with Crippen molar-refractivity contribution in [2.24, 2.45) is 0 Å². The maximum Gasteiger partial charge on any atom is 0.344 e. The smallest absolute Gasteiger partial charge is 0.344 e. The Bertz CT molecular complexity index is 832. The quantitative estimate of drug-likeness (QED) is 0.452. The number of hydrogen-bond acceptors (Lipinski definition) is 6. The molecule has 0 amide bonds. The molecule has 1 heterocycles. The van der Waals surface area contributed by atoms with Gasteiger partial charge < -0.3 is 14.4 Å². The third-order valence-electron chi connectivity index (χ3n) is 4.51. The molecule has 1 aliphatic rings. The molecule has 0 aliphatic carbocycles. The maximum atomic E-state index is 13.0. The summed E-state index contributed by atoms with van der Waals surface area (Å²) in [6.07, 6.45) is 1.48. The first-order valence-electron chi connectivity index (χ1n) is 8.52. The SMILES string of the molecule is COC(=O)c1cc(N2CCC(Oc3ccc(F)cc3)CC2)ccc1[N+](=O)[O-]. The number of benzene rings is 2. The van der Waals surface area contributed by atoms with E-state index in [1.54, 1.807) is 18.2 Å². The van der Waals surface area contributed by atoms with Crippen molar-refractivity contribution in [3.05, 3.63) is 64.0 Å². The van der Waals surface area contributed by atoms with Crippen LogP contribution in [0, 0.1) is 15.9 Å². The van der Waals surface area contributed by atoms with Gasteiger partial charge in [0.15, 0.2) is 0 Å². The van der Waals surface area contributed by atoms with Gasteiger partial charge in [0, 0.05) is 37.7 Å².